The van der Waals surface area contributed by atoms with Crippen molar-refractivity contribution in [1.29, 1.82) is 0 Å². The second-order valence-electron chi connectivity index (χ2n) is 4.48. The Labute approximate surface area is 106 Å². The highest BCUT2D eigenvalue weighted by atomic mass is 79.9. The summed E-state index contributed by atoms with van der Waals surface area (Å²) in [5, 5.41) is 0. The molecule has 0 aliphatic carbocycles. The van der Waals surface area contributed by atoms with Gasteiger partial charge in [0.15, 0.2) is 0 Å². The van der Waals surface area contributed by atoms with Gasteiger partial charge in [-0.1, -0.05) is 41.9 Å². The molecule has 0 nitrogen and oxygen atoms in total. The highest BCUT2D eigenvalue weighted by Crippen LogP contribution is 2.20. The monoisotopic (exact) mass is 288 g/mol. The molecule has 1 unspecified atom stereocenters. The molecule has 15 heavy (non-hydrogen) atoms. The van der Waals surface area contributed by atoms with Crippen LogP contribution in [0.25, 0.3) is 0 Å². The van der Waals surface area contributed by atoms with E-state index in [1.54, 1.807) is 0 Å². The molecule has 0 heterocycles. The fraction of sp³-hybridized carbons (Fsp3) is 0.538. The maximum absolute atomic E-state index is 5.99. The lowest BCUT2D eigenvalue weighted by molar-refractivity contribution is 0.441. The molecule has 0 amide bonds. The van der Waals surface area contributed by atoms with E-state index in [0.717, 1.165) is 22.7 Å². The van der Waals surface area contributed by atoms with E-state index in [9.17, 15) is 0 Å². The SMILES string of the molecule is CC(C)CC(CCl)Cc1cccc(Br)c1. The smallest absolute Gasteiger partial charge is 0.0255 e. The van der Waals surface area contributed by atoms with Crippen molar-refractivity contribution in [3.63, 3.8) is 0 Å². The Kier molecular flexibility index (Phi) is 5.70. The van der Waals surface area contributed by atoms with Gasteiger partial charge in [0, 0.05) is 10.4 Å². The molecule has 0 N–H and O–H groups in total. The first-order chi connectivity index (χ1) is 7.11. The van der Waals surface area contributed by atoms with E-state index in [0.29, 0.717) is 5.92 Å². The average Bonchev–Trinajstić information content (AvgIpc) is 2.16. The predicted octanol–water partition coefficient (Wildman–Crippen LogP) is 4.89. The third-order valence-corrected chi connectivity index (χ3v) is 3.37. The highest BCUT2D eigenvalue weighted by molar-refractivity contribution is 9.10. The van der Waals surface area contributed by atoms with Crippen molar-refractivity contribution < 1.29 is 0 Å². The molecule has 1 rings (SSSR count). The fourth-order valence-electron chi connectivity index (χ4n) is 1.86. The maximum Gasteiger partial charge on any atom is 0.0255 e. The average molecular weight is 290 g/mol. The molecule has 0 radical (unpaired) electrons. The Morgan fingerprint density at radius 2 is 2.07 bits per heavy atom. The van der Waals surface area contributed by atoms with Gasteiger partial charge in [-0.05, 0) is 42.4 Å². The predicted molar refractivity (Wildman–Crippen MR) is 71.5 cm³/mol. The van der Waals surface area contributed by atoms with Crippen molar-refractivity contribution >= 4 is 27.5 Å². The van der Waals surface area contributed by atoms with Gasteiger partial charge in [0.25, 0.3) is 0 Å². The molecule has 0 aromatic heterocycles. The van der Waals surface area contributed by atoms with E-state index in [1.165, 1.54) is 12.0 Å². The van der Waals surface area contributed by atoms with Crippen molar-refractivity contribution in [1.82, 2.24) is 0 Å². The van der Waals surface area contributed by atoms with Gasteiger partial charge in [-0.15, -0.1) is 11.6 Å². The summed E-state index contributed by atoms with van der Waals surface area (Å²) in [5.74, 6) is 2.08. The Balaban J connectivity index is 2.58. The summed E-state index contributed by atoms with van der Waals surface area (Å²) in [7, 11) is 0. The van der Waals surface area contributed by atoms with Crippen molar-refractivity contribution in [2.45, 2.75) is 26.7 Å². The number of hydrogen-bond acceptors (Lipinski definition) is 0. The molecule has 0 aliphatic rings. The Hall–Kier alpha value is -0.0100. The Morgan fingerprint density at radius 3 is 2.60 bits per heavy atom. The molecular formula is C13H18BrCl. The lowest BCUT2D eigenvalue weighted by Gasteiger charge is -2.16. The summed E-state index contributed by atoms with van der Waals surface area (Å²) in [6.45, 7) is 4.50. The summed E-state index contributed by atoms with van der Waals surface area (Å²) in [6, 6.07) is 8.49. The number of halogens is 2. The third-order valence-electron chi connectivity index (χ3n) is 2.44. The van der Waals surface area contributed by atoms with Crippen LogP contribution in [-0.4, -0.2) is 5.88 Å². The van der Waals surface area contributed by atoms with Crippen LogP contribution in [0.2, 0.25) is 0 Å². The second-order valence-corrected chi connectivity index (χ2v) is 5.71. The van der Waals surface area contributed by atoms with Crippen LogP contribution in [0.4, 0.5) is 0 Å². The zero-order chi connectivity index (χ0) is 11.3. The minimum atomic E-state index is 0.598. The number of hydrogen-bond donors (Lipinski definition) is 0. The van der Waals surface area contributed by atoms with Crippen molar-refractivity contribution in [3.8, 4) is 0 Å². The van der Waals surface area contributed by atoms with Crippen LogP contribution in [0, 0.1) is 11.8 Å². The van der Waals surface area contributed by atoms with Gasteiger partial charge in [0.1, 0.15) is 0 Å². The normalized spacial score (nSPS) is 13.1. The zero-order valence-corrected chi connectivity index (χ0v) is 11.7. The molecule has 0 bridgehead atoms. The van der Waals surface area contributed by atoms with Crippen LogP contribution in [0.5, 0.6) is 0 Å². The summed E-state index contributed by atoms with van der Waals surface area (Å²) in [6.07, 6.45) is 2.29. The quantitative estimate of drug-likeness (QED) is 0.677. The van der Waals surface area contributed by atoms with E-state index >= 15 is 0 Å². The van der Waals surface area contributed by atoms with Crippen LogP contribution in [-0.2, 0) is 6.42 Å². The third kappa shape index (κ3) is 5.03. The van der Waals surface area contributed by atoms with Crippen molar-refractivity contribution in [3.05, 3.63) is 34.3 Å². The molecule has 0 saturated carbocycles. The number of benzene rings is 1. The maximum atomic E-state index is 5.99. The van der Waals surface area contributed by atoms with Gasteiger partial charge in [0.05, 0.1) is 0 Å². The van der Waals surface area contributed by atoms with Gasteiger partial charge in [0.2, 0.25) is 0 Å². The Bertz CT molecular complexity index is 296. The second kappa shape index (κ2) is 6.55. The minimum absolute atomic E-state index is 0.598. The summed E-state index contributed by atoms with van der Waals surface area (Å²) < 4.78 is 1.15. The van der Waals surface area contributed by atoms with E-state index in [2.05, 4.69) is 54.0 Å². The van der Waals surface area contributed by atoms with Crippen LogP contribution < -0.4 is 0 Å². The summed E-state index contributed by atoms with van der Waals surface area (Å²) in [4.78, 5) is 0. The van der Waals surface area contributed by atoms with Crippen LogP contribution in [0.1, 0.15) is 25.8 Å². The van der Waals surface area contributed by atoms with Gasteiger partial charge >= 0.3 is 0 Å². The molecule has 0 fully saturated rings. The topological polar surface area (TPSA) is 0 Å². The van der Waals surface area contributed by atoms with Crippen LogP contribution in [0.3, 0.4) is 0 Å². The molecule has 84 valence electrons. The van der Waals surface area contributed by atoms with Gasteiger partial charge in [-0.25, -0.2) is 0 Å². The lowest BCUT2D eigenvalue weighted by Crippen LogP contribution is -2.09. The van der Waals surface area contributed by atoms with E-state index < -0.39 is 0 Å². The van der Waals surface area contributed by atoms with Crippen LogP contribution >= 0.6 is 27.5 Å². The largest absolute Gasteiger partial charge is 0.126 e. The van der Waals surface area contributed by atoms with Gasteiger partial charge in [-0.2, -0.15) is 0 Å². The first-order valence-electron chi connectivity index (χ1n) is 5.42. The molecule has 0 saturated heterocycles. The Morgan fingerprint density at radius 1 is 1.33 bits per heavy atom. The molecule has 0 aliphatic heterocycles. The standard InChI is InChI=1S/C13H18BrCl/c1-10(2)6-12(9-15)7-11-4-3-5-13(14)8-11/h3-5,8,10,12H,6-7,9H2,1-2H3. The lowest BCUT2D eigenvalue weighted by atomic mass is 9.92. The molecule has 2 heteroatoms. The first-order valence-corrected chi connectivity index (χ1v) is 6.75. The molecule has 1 aromatic rings. The van der Waals surface area contributed by atoms with Gasteiger partial charge in [-0.3, -0.25) is 0 Å². The number of rotatable bonds is 5. The summed E-state index contributed by atoms with van der Waals surface area (Å²) in [5.41, 5.74) is 1.37. The van der Waals surface area contributed by atoms with Crippen molar-refractivity contribution in [2.24, 2.45) is 11.8 Å². The summed E-state index contributed by atoms with van der Waals surface area (Å²) >= 11 is 9.48. The van der Waals surface area contributed by atoms with E-state index in [4.69, 9.17) is 11.6 Å². The molecule has 1 aromatic carbocycles. The molecular weight excluding hydrogens is 272 g/mol. The zero-order valence-electron chi connectivity index (χ0n) is 9.34. The van der Waals surface area contributed by atoms with Crippen LogP contribution in [0.15, 0.2) is 28.7 Å². The highest BCUT2D eigenvalue weighted by Gasteiger charge is 2.10. The minimum Gasteiger partial charge on any atom is -0.126 e. The molecule has 1 atom stereocenters. The fourth-order valence-corrected chi connectivity index (χ4v) is 2.55. The first kappa shape index (κ1) is 13.1. The van der Waals surface area contributed by atoms with Crippen molar-refractivity contribution in [2.75, 3.05) is 5.88 Å². The number of alkyl halides is 1. The molecule has 0 spiro atoms. The van der Waals surface area contributed by atoms with Gasteiger partial charge < -0.3 is 0 Å². The van der Waals surface area contributed by atoms with E-state index in [-0.39, 0.29) is 0 Å². The van der Waals surface area contributed by atoms with E-state index in [1.807, 2.05) is 0 Å².